The summed E-state index contributed by atoms with van der Waals surface area (Å²) in [6.45, 7) is 9.77. The first-order chi connectivity index (χ1) is 9.87. The predicted molar refractivity (Wildman–Crippen MR) is 90.7 cm³/mol. The van der Waals surface area contributed by atoms with Crippen molar-refractivity contribution in [1.29, 1.82) is 0 Å². The van der Waals surface area contributed by atoms with Crippen LogP contribution >= 0.6 is 0 Å². The minimum absolute atomic E-state index is 0.126. The molecule has 1 aliphatic carbocycles. The first-order valence-electron chi connectivity index (χ1n) is 8.30. The van der Waals surface area contributed by atoms with E-state index in [1.807, 2.05) is 0 Å². The van der Waals surface area contributed by atoms with Gasteiger partial charge in [-0.05, 0) is 51.7 Å². The molecule has 0 amide bonds. The topological polar surface area (TPSA) is 28.2 Å². The number of aromatic nitrogens is 1. The zero-order chi connectivity index (χ0) is 15.5. The quantitative estimate of drug-likeness (QED) is 0.908. The van der Waals surface area contributed by atoms with E-state index < -0.39 is 0 Å². The molecular weight excluding hydrogens is 258 g/mol. The van der Waals surface area contributed by atoms with Gasteiger partial charge in [-0.3, -0.25) is 0 Å². The van der Waals surface area contributed by atoms with E-state index in [-0.39, 0.29) is 5.54 Å². The van der Waals surface area contributed by atoms with Crippen LogP contribution in [0.1, 0.15) is 59.1 Å². The number of hydrogen-bond donors (Lipinski definition) is 1. The summed E-state index contributed by atoms with van der Waals surface area (Å²) in [7, 11) is 2.20. The summed E-state index contributed by atoms with van der Waals surface area (Å²) in [5.74, 6) is 1.88. The predicted octanol–water partition coefficient (Wildman–Crippen LogP) is 3.98. The van der Waals surface area contributed by atoms with Crippen molar-refractivity contribution in [3.8, 4) is 0 Å². The second-order valence-corrected chi connectivity index (χ2v) is 7.53. The van der Waals surface area contributed by atoms with Crippen molar-refractivity contribution in [2.45, 2.75) is 71.5 Å². The molecule has 1 aromatic heterocycles. The minimum atomic E-state index is 0.126. The zero-order valence-corrected chi connectivity index (χ0v) is 14.3. The summed E-state index contributed by atoms with van der Waals surface area (Å²) < 4.78 is 0. The highest BCUT2D eigenvalue weighted by Crippen LogP contribution is 2.29. The molecule has 1 N–H and O–H groups in total. The van der Waals surface area contributed by atoms with Crippen LogP contribution in [0.4, 0.5) is 5.82 Å². The van der Waals surface area contributed by atoms with E-state index >= 15 is 0 Å². The van der Waals surface area contributed by atoms with Gasteiger partial charge in [0.1, 0.15) is 5.82 Å². The van der Waals surface area contributed by atoms with Gasteiger partial charge in [0.15, 0.2) is 0 Å². The van der Waals surface area contributed by atoms with Crippen molar-refractivity contribution < 1.29 is 0 Å². The smallest absolute Gasteiger partial charge is 0.128 e. The van der Waals surface area contributed by atoms with Gasteiger partial charge in [0, 0.05) is 25.2 Å². The maximum atomic E-state index is 4.85. The van der Waals surface area contributed by atoms with E-state index in [4.69, 9.17) is 4.98 Å². The fourth-order valence-corrected chi connectivity index (χ4v) is 3.16. The molecule has 1 fully saturated rings. The van der Waals surface area contributed by atoms with Gasteiger partial charge in [-0.15, -0.1) is 0 Å². The number of hydrogen-bond acceptors (Lipinski definition) is 3. The van der Waals surface area contributed by atoms with Crippen LogP contribution in [-0.2, 0) is 6.54 Å². The Hall–Kier alpha value is -1.09. The van der Waals surface area contributed by atoms with E-state index in [0.29, 0.717) is 6.04 Å². The van der Waals surface area contributed by atoms with Gasteiger partial charge >= 0.3 is 0 Å². The minimum Gasteiger partial charge on any atom is -0.356 e. The average Bonchev–Trinajstić information content (AvgIpc) is 2.44. The van der Waals surface area contributed by atoms with Crippen LogP contribution in [0.2, 0.25) is 0 Å². The number of rotatable bonds is 4. The Morgan fingerprint density at radius 1 is 1.24 bits per heavy atom. The normalized spacial score (nSPS) is 23.1. The first kappa shape index (κ1) is 16.3. The maximum Gasteiger partial charge on any atom is 0.128 e. The van der Waals surface area contributed by atoms with Gasteiger partial charge in [0.25, 0.3) is 0 Å². The number of nitrogens with zero attached hydrogens (tertiary/aromatic N) is 2. The second-order valence-electron chi connectivity index (χ2n) is 7.53. The molecule has 1 heterocycles. The van der Waals surface area contributed by atoms with Gasteiger partial charge in [-0.1, -0.05) is 25.8 Å². The highest BCUT2D eigenvalue weighted by Gasteiger charge is 2.25. The molecule has 3 heteroatoms. The van der Waals surface area contributed by atoms with Crippen LogP contribution in [0, 0.1) is 5.92 Å². The van der Waals surface area contributed by atoms with Gasteiger partial charge in [-0.25, -0.2) is 4.98 Å². The first-order valence-corrected chi connectivity index (χ1v) is 8.30. The Balaban J connectivity index is 2.05. The summed E-state index contributed by atoms with van der Waals surface area (Å²) in [6, 6.07) is 7.02. The molecule has 0 bridgehead atoms. The Kier molecular flexibility index (Phi) is 5.26. The Bertz CT molecular complexity index is 450. The lowest BCUT2D eigenvalue weighted by molar-refractivity contribution is 0.320. The van der Waals surface area contributed by atoms with E-state index in [1.54, 1.807) is 0 Å². The van der Waals surface area contributed by atoms with E-state index in [9.17, 15) is 0 Å². The molecule has 2 atom stereocenters. The summed E-state index contributed by atoms with van der Waals surface area (Å²) in [5.41, 5.74) is 1.25. The molecular formula is C18H31N3. The Morgan fingerprint density at radius 3 is 2.62 bits per heavy atom. The molecule has 3 nitrogen and oxygen atoms in total. The third kappa shape index (κ3) is 4.70. The van der Waals surface area contributed by atoms with Crippen LogP contribution in [-0.4, -0.2) is 23.6 Å². The van der Waals surface area contributed by atoms with Crippen LogP contribution in [0.5, 0.6) is 0 Å². The maximum absolute atomic E-state index is 4.85. The second kappa shape index (κ2) is 6.78. The summed E-state index contributed by atoms with van der Waals surface area (Å²) in [6.07, 6.45) is 5.38. The van der Waals surface area contributed by atoms with E-state index in [0.717, 1.165) is 24.0 Å². The fraction of sp³-hybridized carbons (Fsp3) is 0.722. The third-order valence-electron chi connectivity index (χ3n) is 4.52. The lowest BCUT2D eigenvalue weighted by atomic mass is 9.85. The molecule has 0 radical (unpaired) electrons. The monoisotopic (exact) mass is 289 g/mol. The lowest BCUT2D eigenvalue weighted by Gasteiger charge is -2.37. The van der Waals surface area contributed by atoms with Crippen LogP contribution in [0.15, 0.2) is 18.2 Å². The van der Waals surface area contributed by atoms with Crippen LogP contribution in [0.3, 0.4) is 0 Å². The molecule has 1 aliphatic rings. The summed E-state index contributed by atoms with van der Waals surface area (Å²) >= 11 is 0. The molecule has 2 unspecified atom stereocenters. The van der Waals surface area contributed by atoms with Crippen LogP contribution < -0.4 is 10.2 Å². The molecule has 2 rings (SSSR count). The van der Waals surface area contributed by atoms with Crippen molar-refractivity contribution in [2.75, 3.05) is 11.9 Å². The lowest BCUT2D eigenvalue weighted by Crippen LogP contribution is -2.39. The Labute approximate surface area is 130 Å². The molecule has 21 heavy (non-hydrogen) atoms. The number of anilines is 1. The number of nitrogens with one attached hydrogen (secondary N) is 1. The van der Waals surface area contributed by atoms with E-state index in [2.05, 4.69) is 63.2 Å². The number of pyridine rings is 1. The van der Waals surface area contributed by atoms with Gasteiger partial charge in [-0.2, -0.15) is 0 Å². The molecule has 0 aliphatic heterocycles. The van der Waals surface area contributed by atoms with Crippen molar-refractivity contribution in [2.24, 2.45) is 5.92 Å². The highest BCUT2D eigenvalue weighted by molar-refractivity contribution is 5.40. The van der Waals surface area contributed by atoms with Gasteiger partial charge < -0.3 is 10.2 Å². The third-order valence-corrected chi connectivity index (χ3v) is 4.52. The van der Waals surface area contributed by atoms with Crippen molar-refractivity contribution in [3.05, 3.63) is 23.9 Å². The van der Waals surface area contributed by atoms with Crippen molar-refractivity contribution >= 4 is 5.82 Å². The van der Waals surface area contributed by atoms with Crippen LogP contribution in [0.25, 0.3) is 0 Å². The highest BCUT2D eigenvalue weighted by atomic mass is 15.2. The van der Waals surface area contributed by atoms with Crippen molar-refractivity contribution in [1.82, 2.24) is 10.3 Å². The van der Waals surface area contributed by atoms with Crippen molar-refractivity contribution in [3.63, 3.8) is 0 Å². The summed E-state index contributed by atoms with van der Waals surface area (Å²) in [4.78, 5) is 7.24. The summed E-state index contributed by atoms with van der Waals surface area (Å²) in [5, 5.41) is 3.51. The molecule has 1 saturated carbocycles. The molecule has 0 spiro atoms. The molecule has 0 saturated heterocycles. The SMILES string of the molecule is CC1CCCCC1N(C)c1cccc(CNC(C)(C)C)n1. The average molecular weight is 289 g/mol. The molecule has 1 aromatic rings. The zero-order valence-electron chi connectivity index (χ0n) is 14.3. The largest absolute Gasteiger partial charge is 0.356 e. The fourth-order valence-electron chi connectivity index (χ4n) is 3.16. The van der Waals surface area contributed by atoms with Gasteiger partial charge in [0.05, 0.1) is 5.69 Å². The molecule has 118 valence electrons. The van der Waals surface area contributed by atoms with Gasteiger partial charge in [0.2, 0.25) is 0 Å². The standard InChI is InChI=1S/C18H31N3/c1-14-9-6-7-11-16(14)21(5)17-12-8-10-15(20-17)13-19-18(2,3)4/h8,10,12,14,16,19H,6-7,9,11,13H2,1-5H3. The Morgan fingerprint density at radius 2 is 1.95 bits per heavy atom. The van der Waals surface area contributed by atoms with E-state index in [1.165, 1.54) is 25.7 Å². The molecule has 0 aromatic carbocycles.